The zero-order valence-corrected chi connectivity index (χ0v) is 12.0. The smallest absolute Gasteiger partial charge is 0.303 e. The predicted molar refractivity (Wildman–Crippen MR) is 75.9 cm³/mol. The van der Waals surface area contributed by atoms with Crippen molar-refractivity contribution in [3.63, 3.8) is 0 Å². The Morgan fingerprint density at radius 2 is 1.95 bits per heavy atom. The second-order valence-corrected chi connectivity index (χ2v) is 5.39. The first-order chi connectivity index (χ1) is 9.71. The molecule has 1 aromatic rings. The van der Waals surface area contributed by atoms with Gasteiger partial charge in [0.05, 0.1) is 11.3 Å². The molecule has 0 aromatic heterocycles. The van der Waals surface area contributed by atoms with Gasteiger partial charge in [0.25, 0.3) is 5.69 Å². The molecule has 0 heterocycles. The van der Waals surface area contributed by atoms with Crippen LogP contribution in [-0.2, 0) is 16.0 Å². The van der Waals surface area contributed by atoms with E-state index in [0.29, 0.717) is 5.56 Å². The highest BCUT2D eigenvalue weighted by atomic mass is 16.6. The number of hydrogen-bond acceptors (Lipinski definition) is 4. The van der Waals surface area contributed by atoms with E-state index in [1.807, 2.05) is 0 Å². The van der Waals surface area contributed by atoms with Crippen LogP contribution in [0, 0.1) is 10.1 Å². The number of carbonyl (C=O) groups excluding carboxylic acids is 1. The highest BCUT2D eigenvalue weighted by Gasteiger charge is 2.23. The van der Waals surface area contributed by atoms with Gasteiger partial charge < -0.3 is 10.4 Å². The van der Waals surface area contributed by atoms with Crippen molar-refractivity contribution in [2.24, 2.45) is 0 Å². The van der Waals surface area contributed by atoms with E-state index in [1.165, 1.54) is 18.2 Å². The van der Waals surface area contributed by atoms with Crippen LogP contribution in [0.2, 0.25) is 0 Å². The monoisotopic (exact) mass is 294 g/mol. The molecule has 0 bridgehead atoms. The van der Waals surface area contributed by atoms with Crippen LogP contribution in [0.3, 0.4) is 0 Å². The summed E-state index contributed by atoms with van der Waals surface area (Å²) in [5, 5.41) is 22.2. The summed E-state index contributed by atoms with van der Waals surface area (Å²) in [6, 6.07) is 6.04. The third kappa shape index (κ3) is 5.60. The number of amides is 1. The number of carbonyl (C=O) groups is 2. The molecule has 0 radical (unpaired) electrons. The summed E-state index contributed by atoms with van der Waals surface area (Å²) in [5.41, 5.74) is -0.455. The Morgan fingerprint density at radius 3 is 2.52 bits per heavy atom. The van der Waals surface area contributed by atoms with Crippen LogP contribution in [-0.4, -0.2) is 27.4 Å². The van der Waals surface area contributed by atoms with Gasteiger partial charge in [0.2, 0.25) is 5.91 Å². The maximum Gasteiger partial charge on any atom is 0.303 e. The van der Waals surface area contributed by atoms with E-state index in [9.17, 15) is 19.7 Å². The zero-order chi connectivity index (χ0) is 16.0. The lowest BCUT2D eigenvalue weighted by Crippen LogP contribution is -2.44. The highest BCUT2D eigenvalue weighted by molar-refractivity contribution is 5.80. The van der Waals surface area contributed by atoms with Gasteiger partial charge in [-0.25, -0.2) is 0 Å². The van der Waals surface area contributed by atoms with Gasteiger partial charge in [0.15, 0.2) is 0 Å². The number of benzene rings is 1. The van der Waals surface area contributed by atoms with Crippen LogP contribution < -0.4 is 5.32 Å². The van der Waals surface area contributed by atoms with Crippen molar-refractivity contribution < 1.29 is 19.6 Å². The Balaban J connectivity index is 2.70. The van der Waals surface area contributed by atoms with Crippen molar-refractivity contribution in [2.45, 2.75) is 38.6 Å². The summed E-state index contributed by atoms with van der Waals surface area (Å²) in [6.45, 7) is 3.43. The van der Waals surface area contributed by atoms with E-state index in [4.69, 9.17) is 5.11 Å². The highest BCUT2D eigenvalue weighted by Crippen LogP contribution is 2.19. The minimum Gasteiger partial charge on any atom is -0.481 e. The molecular formula is C14H18N2O5. The maximum atomic E-state index is 12.0. The van der Waals surface area contributed by atoms with Gasteiger partial charge >= 0.3 is 5.97 Å². The Bertz CT molecular complexity index is 554. The molecule has 7 heteroatoms. The van der Waals surface area contributed by atoms with E-state index in [1.54, 1.807) is 19.9 Å². The number of nitrogens with one attached hydrogen (secondary N) is 1. The molecule has 7 nitrogen and oxygen atoms in total. The van der Waals surface area contributed by atoms with Crippen LogP contribution >= 0.6 is 0 Å². The standard InChI is InChI=1S/C14H18N2O5/c1-14(2,8-7-13(18)19)15-12(17)9-10-5-3-4-6-11(10)16(20)21/h3-6H,7-9H2,1-2H3,(H,15,17)(H,18,19). The predicted octanol–water partition coefficient (Wildman–Crippen LogP) is 1.90. The maximum absolute atomic E-state index is 12.0. The van der Waals surface area contributed by atoms with Crippen LogP contribution in [0.1, 0.15) is 32.3 Å². The SMILES string of the molecule is CC(C)(CCC(=O)O)NC(=O)Cc1ccccc1[N+](=O)[O-]. The molecule has 1 aromatic carbocycles. The number of nitro groups is 1. The molecule has 2 N–H and O–H groups in total. The van der Waals surface area contributed by atoms with Crippen molar-refractivity contribution >= 4 is 17.6 Å². The zero-order valence-electron chi connectivity index (χ0n) is 12.0. The molecule has 0 aliphatic heterocycles. The van der Waals surface area contributed by atoms with Crippen LogP contribution in [0.15, 0.2) is 24.3 Å². The topological polar surface area (TPSA) is 110 Å². The molecule has 0 saturated heterocycles. The van der Waals surface area contributed by atoms with Crippen molar-refractivity contribution in [1.82, 2.24) is 5.32 Å². The van der Waals surface area contributed by atoms with Crippen LogP contribution in [0.5, 0.6) is 0 Å². The summed E-state index contributed by atoms with van der Waals surface area (Å²) in [5.74, 6) is -1.31. The van der Waals surface area contributed by atoms with E-state index in [0.717, 1.165) is 0 Å². The average Bonchev–Trinajstić information content (AvgIpc) is 2.36. The number of para-hydroxylation sites is 1. The lowest BCUT2D eigenvalue weighted by molar-refractivity contribution is -0.385. The molecule has 1 rings (SSSR count). The van der Waals surface area contributed by atoms with Crippen molar-refractivity contribution in [3.8, 4) is 0 Å². The number of carboxylic acids is 1. The second-order valence-electron chi connectivity index (χ2n) is 5.39. The molecule has 1 amide bonds. The van der Waals surface area contributed by atoms with Crippen LogP contribution in [0.4, 0.5) is 5.69 Å². The Kier molecular flexibility index (Phi) is 5.40. The molecule has 0 saturated carbocycles. The number of hydrogen-bond donors (Lipinski definition) is 2. The number of carboxylic acid groups (broad SMARTS) is 1. The van der Waals surface area contributed by atoms with Crippen molar-refractivity contribution in [1.29, 1.82) is 0 Å². The first-order valence-electron chi connectivity index (χ1n) is 6.46. The summed E-state index contributed by atoms with van der Waals surface area (Å²) < 4.78 is 0. The molecule has 0 fully saturated rings. The Labute approximate surface area is 122 Å². The van der Waals surface area contributed by atoms with Gasteiger partial charge in [-0.2, -0.15) is 0 Å². The van der Waals surface area contributed by atoms with Gasteiger partial charge in [-0.15, -0.1) is 0 Å². The lowest BCUT2D eigenvalue weighted by atomic mass is 9.97. The van der Waals surface area contributed by atoms with Gasteiger partial charge in [-0.1, -0.05) is 18.2 Å². The molecule has 114 valence electrons. The fourth-order valence-corrected chi connectivity index (χ4v) is 1.91. The summed E-state index contributed by atoms with van der Waals surface area (Å²) in [4.78, 5) is 32.9. The number of rotatable bonds is 7. The lowest BCUT2D eigenvalue weighted by Gasteiger charge is -2.25. The Morgan fingerprint density at radius 1 is 1.33 bits per heavy atom. The molecule has 0 aliphatic rings. The fraction of sp³-hybridized carbons (Fsp3) is 0.429. The van der Waals surface area contributed by atoms with E-state index >= 15 is 0 Å². The fourth-order valence-electron chi connectivity index (χ4n) is 1.91. The largest absolute Gasteiger partial charge is 0.481 e. The summed E-state index contributed by atoms with van der Waals surface area (Å²) in [6.07, 6.45) is 0.109. The third-order valence-electron chi connectivity index (χ3n) is 2.98. The first kappa shape index (κ1) is 16.6. The van der Waals surface area contributed by atoms with Gasteiger partial charge in [-0.3, -0.25) is 19.7 Å². The van der Waals surface area contributed by atoms with E-state index < -0.39 is 16.4 Å². The summed E-state index contributed by atoms with van der Waals surface area (Å²) >= 11 is 0. The first-order valence-corrected chi connectivity index (χ1v) is 6.46. The quantitative estimate of drug-likeness (QED) is 0.589. The van der Waals surface area contributed by atoms with E-state index in [2.05, 4.69) is 5.32 Å². The van der Waals surface area contributed by atoms with Gasteiger partial charge in [0.1, 0.15) is 0 Å². The number of aliphatic carboxylic acids is 1. The van der Waals surface area contributed by atoms with E-state index in [-0.39, 0.29) is 30.9 Å². The average molecular weight is 294 g/mol. The van der Waals surface area contributed by atoms with Crippen molar-refractivity contribution in [2.75, 3.05) is 0 Å². The minimum atomic E-state index is -0.934. The van der Waals surface area contributed by atoms with Gasteiger partial charge in [-0.05, 0) is 20.3 Å². The molecule has 0 atom stereocenters. The molecule has 0 spiro atoms. The minimum absolute atomic E-state index is 0.0568. The molecule has 0 aliphatic carbocycles. The number of nitrogens with zero attached hydrogens (tertiary/aromatic N) is 1. The molecular weight excluding hydrogens is 276 g/mol. The Hall–Kier alpha value is -2.44. The van der Waals surface area contributed by atoms with Gasteiger partial charge in [0, 0.05) is 23.6 Å². The van der Waals surface area contributed by atoms with Crippen LogP contribution in [0.25, 0.3) is 0 Å². The summed E-state index contributed by atoms with van der Waals surface area (Å²) in [7, 11) is 0. The molecule has 0 unspecified atom stereocenters. The third-order valence-corrected chi connectivity index (χ3v) is 2.98. The number of nitro benzene ring substituents is 1. The molecule has 21 heavy (non-hydrogen) atoms. The van der Waals surface area contributed by atoms with Crippen molar-refractivity contribution in [3.05, 3.63) is 39.9 Å². The second kappa shape index (κ2) is 6.83. The normalized spacial score (nSPS) is 11.0.